The van der Waals surface area contributed by atoms with Crippen molar-refractivity contribution >= 4 is 11.8 Å². The van der Waals surface area contributed by atoms with Gasteiger partial charge in [-0.15, -0.1) is 0 Å². The van der Waals surface area contributed by atoms with Crippen molar-refractivity contribution in [2.45, 2.75) is 70.2 Å². The van der Waals surface area contributed by atoms with Gasteiger partial charge in [0.05, 0.1) is 0 Å². The summed E-state index contributed by atoms with van der Waals surface area (Å²) in [4.78, 5) is 2.81. The molecule has 3 heteroatoms. The standard InChI is InChI=1S/C16H32N2S/c1-4-13(3)16-12-18(10-6-9-17-16)14-7-8-15(11-14)19-5-2/h13-17H,4-12H2,1-3H3. The first kappa shape index (κ1) is 15.7. The maximum atomic E-state index is 3.78. The minimum atomic E-state index is 0.713. The van der Waals surface area contributed by atoms with Gasteiger partial charge in [0.15, 0.2) is 0 Å². The second-order valence-corrected chi connectivity index (χ2v) is 7.92. The molecule has 19 heavy (non-hydrogen) atoms. The van der Waals surface area contributed by atoms with E-state index in [2.05, 4.69) is 42.7 Å². The largest absolute Gasteiger partial charge is 0.312 e. The SMILES string of the molecule is CCSC1CCC(N2CCCNC(C(C)CC)C2)C1. The molecule has 4 unspecified atom stereocenters. The quantitative estimate of drug-likeness (QED) is 0.833. The van der Waals surface area contributed by atoms with E-state index in [-0.39, 0.29) is 0 Å². The van der Waals surface area contributed by atoms with Crippen LogP contribution in [0.5, 0.6) is 0 Å². The molecule has 0 radical (unpaired) electrons. The predicted octanol–water partition coefficient (Wildman–Crippen LogP) is 3.37. The molecule has 0 aromatic carbocycles. The molecule has 112 valence electrons. The molecule has 2 aliphatic rings. The zero-order valence-corrected chi connectivity index (χ0v) is 13.8. The van der Waals surface area contributed by atoms with E-state index >= 15 is 0 Å². The Balaban J connectivity index is 1.88. The van der Waals surface area contributed by atoms with Gasteiger partial charge >= 0.3 is 0 Å². The Morgan fingerprint density at radius 3 is 2.89 bits per heavy atom. The predicted molar refractivity (Wildman–Crippen MR) is 87.0 cm³/mol. The van der Waals surface area contributed by atoms with E-state index in [1.54, 1.807) is 0 Å². The highest BCUT2D eigenvalue weighted by Crippen LogP contribution is 2.33. The van der Waals surface area contributed by atoms with Crippen molar-refractivity contribution < 1.29 is 0 Å². The Morgan fingerprint density at radius 1 is 1.32 bits per heavy atom. The number of nitrogens with one attached hydrogen (secondary N) is 1. The van der Waals surface area contributed by atoms with Crippen molar-refractivity contribution in [3.05, 3.63) is 0 Å². The first-order valence-electron chi connectivity index (χ1n) is 8.33. The van der Waals surface area contributed by atoms with Crippen LogP contribution in [0.15, 0.2) is 0 Å². The van der Waals surface area contributed by atoms with Gasteiger partial charge in [0.1, 0.15) is 0 Å². The summed E-state index contributed by atoms with van der Waals surface area (Å²) in [7, 11) is 0. The molecule has 2 rings (SSSR count). The first-order chi connectivity index (χ1) is 9.24. The molecule has 4 atom stereocenters. The fourth-order valence-corrected chi connectivity index (χ4v) is 4.74. The Labute approximate surface area is 124 Å². The first-order valence-corrected chi connectivity index (χ1v) is 9.38. The van der Waals surface area contributed by atoms with Crippen molar-refractivity contribution in [2.24, 2.45) is 5.92 Å². The lowest BCUT2D eigenvalue weighted by molar-refractivity contribution is 0.179. The van der Waals surface area contributed by atoms with Crippen LogP contribution in [0, 0.1) is 5.92 Å². The Bertz CT molecular complexity index is 259. The minimum absolute atomic E-state index is 0.713. The molecule has 1 heterocycles. The van der Waals surface area contributed by atoms with Crippen LogP contribution in [0.3, 0.4) is 0 Å². The van der Waals surface area contributed by atoms with Gasteiger partial charge in [-0.25, -0.2) is 0 Å². The van der Waals surface area contributed by atoms with E-state index in [1.807, 2.05) is 0 Å². The summed E-state index contributed by atoms with van der Waals surface area (Å²) in [6.45, 7) is 10.8. The fraction of sp³-hybridized carbons (Fsp3) is 1.00. The molecular formula is C16H32N2S. The molecule has 0 spiro atoms. The van der Waals surface area contributed by atoms with Crippen LogP contribution in [0.2, 0.25) is 0 Å². The highest BCUT2D eigenvalue weighted by Gasteiger charge is 2.32. The molecule has 0 bridgehead atoms. The van der Waals surface area contributed by atoms with Gasteiger partial charge in [-0.1, -0.05) is 27.2 Å². The number of rotatable bonds is 5. The lowest BCUT2D eigenvalue weighted by Crippen LogP contribution is -2.45. The average Bonchev–Trinajstić information content (AvgIpc) is 2.74. The summed E-state index contributed by atoms with van der Waals surface area (Å²) >= 11 is 2.18. The summed E-state index contributed by atoms with van der Waals surface area (Å²) in [5.74, 6) is 2.09. The fourth-order valence-electron chi connectivity index (χ4n) is 3.61. The summed E-state index contributed by atoms with van der Waals surface area (Å²) in [6, 6.07) is 1.58. The maximum Gasteiger partial charge on any atom is 0.0220 e. The van der Waals surface area contributed by atoms with Gasteiger partial charge in [0.2, 0.25) is 0 Å². The summed E-state index contributed by atoms with van der Waals surface area (Å²) in [5, 5.41) is 4.71. The summed E-state index contributed by atoms with van der Waals surface area (Å²) in [6.07, 6.45) is 6.94. The molecule has 1 N–H and O–H groups in total. The van der Waals surface area contributed by atoms with Crippen molar-refractivity contribution in [3.63, 3.8) is 0 Å². The highest BCUT2D eigenvalue weighted by molar-refractivity contribution is 7.99. The molecular weight excluding hydrogens is 252 g/mol. The van der Waals surface area contributed by atoms with Gasteiger partial charge in [0, 0.05) is 23.9 Å². The zero-order valence-electron chi connectivity index (χ0n) is 13.0. The number of nitrogens with zero attached hydrogens (tertiary/aromatic N) is 1. The van der Waals surface area contributed by atoms with Crippen LogP contribution in [-0.4, -0.2) is 47.6 Å². The summed E-state index contributed by atoms with van der Waals surface area (Å²) < 4.78 is 0. The number of hydrogen-bond acceptors (Lipinski definition) is 3. The molecule has 2 nitrogen and oxygen atoms in total. The average molecular weight is 285 g/mol. The topological polar surface area (TPSA) is 15.3 Å². The zero-order chi connectivity index (χ0) is 13.7. The van der Waals surface area contributed by atoms with Crippen molar-refractivity contribution in [3.8, 4) is 0 Å². The number of hydrogen-bond donors (Lipinski definition) is 1. The molecule has 1 aliphatic heterocycles. The van der Waals surface area contributed by atoms with Crippen molar-refractivity contribution in [1.82, 2.24) is 10.2 Å². The Morgan fingerprint density at radius 2 is 2.16 bits per heavy atom. The van der Waals surface area contributed by atoms with Crippen LogP contribution in [-0.2, 0) is 0 Å². The third kappa shape index (κ3) is 4.37. The lowest BCUT2D eigenvalue weighted by Gasteiger charge is -2.32. The third-order valence-electron chi connectivity index (χ3n) is 5.07. The molecule has 1 aliphatic carbocycles. The van der Waals surface area contributed by atoms with Gasteiger partial charge in [-0.2, -0.15) is 11.8 Å². The smallest absolute Gasteiger partial charge is 0.0220 e. The van der Waals surface area contributed by atoms with Crippen LogP contribution < -0.4 is 5.32 Å². The monoisotopic (exact) mass is 284 g/mol. The highest BCUT2D eigenvalue weighted by atomic mass is 32.2. The van der Waals surface area contributed by atoms with Gasteiger partial charge in [0.25, 0.3) is 0 Å². The molecule has 0 aromatic rings. The van der Waals surface area contributed by atoms with Gasteiger partial charge in [-0.05, 0) is 50.4 Å². The van der Waals surface area contributed by atoms with E-state index in [9.17, 15) is 0 Å². The lowest BCUT2D eigenvalue weighted by atomic mass is 9.98. The Hall–Kier alpha value is 0.270. The molecule has 1 saturated carbocycles. The molecule has 2 fully saturated rings. The molecule has 0 aromatic heterocycles. The second kappa shape index (κ2) is 7.90. The van der Waals surface area contributed by atoms with Crippen molar-refractivity contribution in [2.75, 3.05) is 25.4 Å². The maximum absolute atomic E-state index is 3.78. The second-order valence-electron chi connectivity index (χ2n) is 6.34. The van der Waals surface area contributed by atoms with Crippen molar-refractivity contribution in [1.29, 1.82) is 0 Å². The Kier molecular flexibility index (Phi) is 6.51. The van der Waals surface area contributed by atoms with Crippen LogP contribution >= 0.6 is 11.8 Å². The molecule has 1 saturated heterocycles. The normalized spacial score (nSPS) is 35.2. The summed E-state index contributed by atoms with van der Waals surface area (Å²) in [5.41, 5.74) is 0. The number of thioether (sulfide) groups is 1. The van der Waals surface area contributed by atoms with Crippen LogP contribution in [0.25, 0.3) is 0 Å². The minimum Gasteiger partial charge on any atom is -0.312 e. The van der Waals surface area contributed by atoms with E-state index in [1.165, 1.54) is 57.5 Å². The third-order valence-corrected chi connectivity index (χ3v) is 6.30. The van der Waals surface area contributed by atoms with E-state index < -0.39 is 0 Å². The van der Waals surface area contributed by atoms with Gasteiger partial charge < -0.3 is 5.32 Å². The van der Waals surface area contributed by atoms with E-state index in [0.29, 0.717) is 6.04 Å². The van der Waals surface area contributed by atoms with Crippen LogP contribution in [0.1, 0.15) is 52.9 Å². The van der Waals surface area contributed by atoms with E-state index in [4.69, 9.17) is 0 Å². The van der Waals surface area contributed by atoms with Crippen LogP contribution in [0.4, 0.5) is 0 Å². The molecule has 0 amide bonds. The van der Waals surface area contributed by atoms with Gasteiger partial charge in [-0.3, -0.25) is 4.90 Å². The van der Waals surface area contributed by atoms with E-state index in [0.717, 1.165) is 17.2 Å².